The molecule has 0 bridgehead atoms. The maximum atomic E-state index is 2.75. The third-order valence-corrected chi connectivity index (χ3v) is 22.6. The zero-order valence-electron chi connectivity index (χ0n) is 58.9. The number of benzene rings is 8. The number of anilines is 9. The second kappa shape index (κ2) is 19.6. The van der Waals surface area contributed by atoms with E-state index in [9.17, 15) is 0 Å². The van der Waals surface area contributed by atoms with Gasteiger partial charge in [0.2, 0.25) is 0 Å². The molecule has 13 rings (SSSR count). The number of nitrogens with zero attached hydrogens (tertiary/aromatic N) is 3. The van der Waals surface area contributed by atoms with Gasteiger partial charge in [-0.2, -0.15) is 0 Å². The van der Waals surface area contributed by atoms with E-state index in [4.69, 9.17) is 0 Å². The molecule has 0 fully saturated rings. The summed E-state index contributed by atoms with van der Waals surface area (Å²) in [7, 11) is 0. The highest BCUT2D eigenvalue weighted by molar-refractivity contribution is 7.00. The maximum Gasteiger partial charge on any atom is 0.252 e. The molecule has 5 aliphatic rings. The van der Waals surface area contributed by atoms with Crippen LogP contribution in [0.3, 0.4) is 0 Å². The van der Waals surface area contributed by atoms with E-state index in [0.29, 0.717) is 0 Å². The van der Waals surface area contributed by atoms with Gasteiger partial charge in [0.05, 0.1) is 0 Å². The minimum atomic E-state index is -0.230. The van der Waals surface area contributed by atoms with Crippen LogP contribution in [0.15, 0.2) is 133 Å². The third kappa shape index (κ3) is 9.70. The minimum absolute atomic E-state index is 0.00245. The van der Waals surface area contributed by atoms with Crippen molar-refractivity contribution in [1.29, 1.82) is 0 Å². The Labute approximate surface area is 537 Å². The normalized spacial score (nSPS) is 18.1. The van der Waals surface area contributed by atoms with Crippen LogP contribution in [0.5, 0.6) is 0 Å². The minimum Gasteiger partial charge on any atom is -0.311 e. The van der Waals surface area contributed by atoms with E-state index in [2.05, 4.69) is 314 Å². The summed E-state index contributed by atoms with van der Waals surface area (Å²) in [6, 6.07) is 55.1. The quantitative estimate of drug-likeness (QED) is 0.159. The van der Waals surface area contributed by atoms with Gasteiger partial charge in [-0.15, -0.1) is 0 Å². The van der Waals surface area contributed by atoms with Gasteiger partial charge in [0.25, 0.3) is 6.71 Å². The standard InChI is InChI=1S/C85H102BN3/c1-51-41-53(77(3,4)5)26-35-70(51)87(71-36-27-54(42-52(71)2)78(6,7)8)59-30-34-68-72(48-59)88(57-28-32-61-60-31-25-55(79(9,10)11)43-63(60)85(23,24)64(61)46-57)74-44-56(80(12,13)14)45-75-76(74)86(68)69-49-66-67(84(21,22)40-39-83(66,19)20)50-73(69)89(75)58-29-33-62-65(47-58)82(17,18)38-37-81(62,15)16/h25-36,41-50H,37-40H2,1-24H3. The molecule has 0 amide bonds. The summed E-state index contributed by atoms with van der Waals surface area (Å²) >= 11 is 0. The average Bonchev–Trinajstić information content (AvgIpc) is 0.893. The molecular formula is C85H102BN3. The molecule has 460 valence electrons. The van der Waals surface area contributed by atoms with Crippen LogP contribution in [-0.2, 0) is 48.7 Å². The summed E-state index contributed by atoms with van der Waals surface area (Å²) in [5.74, 6) is 0. The molecule has 4 heteroatoms. The lowest BCUT2D eigenvalue weighted by molar-refractivity contribution is 0.332. The molecule has 0 aromatic heterocycles. The fourth-order valence-electron chi connectivity index (χ4n) is 16.4. The van der Waals surface area contributed by atoms with E-state index in [1.165, 1.54) is 146 Å². The van der Waals surface area contributed by atoms with E-state index in [1.54, 1.807) is 0 Å². The molecule has 3 nitrogen and oxygen atoms in total. The maximum absolute atomic E-state index is 2.75. The Morgan fingerprint density at radius 2 is 0.753 bits per heavy atom. The van der Waals surface area contributed by atoms with Crippen molar-refractivity contribution in [2.75, 3.05) is 14.7 Å². The Morgan fingerprint density at radius 1 is 0.348 bits per heavy atom. The first-order valence-corrected chi connectivity index (χ1v) is 33.8. The Kier molecular flexibility index (Phi) is 13.5. The molecule has 2 heterocycles. The van der Waals surface area contributed by atoms with Crippen molar-refractivity contribution in [3.05, 3.63) is 200 Å². The number of fused-ring (bicyclic) bond motifs is 9. The van der Waals surface area contributed by atoms with Crippen molar-refractivity contribution in [2.45, 2.75) is 241 Å². The summed E-state index contributed by atoms with van der Waals surface area (Å²) in [4.78, 5) is 8.05. The van der Waals surface area contributed by atoms with Gasteiger partial charge < -0.3 is 14.7 Å². The molecule has 0 N–H and O–H groups in total. The molecule has 89 heavy (non-hydrogen) atoms. The van der Waals surface area contributed by atoms with Crippen molar-refractivity contribution < 1.29 is 0 Å². The number of hydrogen-bond donors (Lipinski definition) is 0. The second-order valence-corrected chi connectivity index (χ2v) is 35.5. The summed E-state index contributed by atoms with van der Waals surface area (Å²) in [5, 5.41) is 0. The van der Waals surface area contributed by atoms with Gasteiger partial charge in [0, 0.05) is 56.6 Å². The van der Waals surface area contributed by atoms with Crippen LogP contribution in [0.4, 0.5) is 51.2 Å². The molecule has 0 saturated carbocycles. The summed E-state index contributed by atoms with van der Waals surface area (Å²) < 4.78 is 0. The first kappa shape index (κ1) is 61.1. The fraction of sp³-hybridized carbons (Fsp3) is 0.435. The van der Waals surface area contributed by atoms with Gasteiger partial charge in [-0.3, -0.25) is 0 Å². The van der Waals surface area contributed by atoms with Crippen LogP contribution in [0, 0.1) is 13.8 Å². The molecule has 3 aliphatic carbocycles. The molecule has 0 unspecified atom stereocenters. The van der Waals surface area contributed by atoms with Crippen LogP contribution < -0.4 is 31.1 Å². The third-order valence-electron chi connectivity index (χ3n) is 22.6. The van der Waals surface area contributed by atoms with Gasteiger partial charge in [-0.1, -0.05) is 219 Å². The smallest absolute Gasteiger partial charge is 0.252 e. The lowest BCUT2D eigenvalue weighted by atomic mass is 9.33. The number of hydrogen-bond acceptors (Lipinski definition) is 3. The Bertz CT molecular complexity index is 4200. The molecular weight excluding hydrogens is 1070 g/mol. The molecule has 0 radical (unpaired) electrons. The number of rotatable bonds is 5. The Morgan fingerprint density at radius 3 is 1.25 bits per heavy atom. The zero-order valence-corrected chi connectivity index (χ0v) is 58.9. The van der Waals surface area contributed by atoms with Crippen LogP contribution >= 0.6 is 0 Å². The van der Waals surface area contributed by atoms with Gasteiger partial charge in [-0.05, 0) is 244 Å². The van der Waals surface area contributed by atoms with Crippen molar-refractivity contribution in [1.82, 2.24) is 0 Å². The molecule has 0 atom stereocenters. The highest BCUT2D eigenvalue weighted by Crippen LogP contribution is 2.56. The molecule has 0 spiro atoms. The van der Waals surface area contributed by atoms with Gasteiger partial charge >= 0.3 is 0 Å². The second-order valence-electron chi connectivity index (χ2n) is 35.5. The SMILES string of the molecule is Cc1cc(C(C)(C)C)ccc1N(c1ccc2c(c1)N(c1ccc3c(c1)C(C)(C)c1cc(C(C)(C)C)ccc1-3)c1cc(C(C)(C)C)cc3c1B2c1cc2c(cc1N3c1ccc3c(c1)C(C)(C)CCC3(C)C)C(C)(C)CCC2(C)C)c1ccc(C(C)(C)C)cc1C. The molecule has 2 aliphatic heterocycles. The molecule has 0 saturated heterocycles. The van der Waals surface area contributed by atoms with Gasteiger partial charge in [0.1, 0.15) is 0 Å². The predicted molar refractivity (Wildman–Crippen MR) is 388 cm³/mol. The van der Waals surface area contributed by atoms with Crippen molar-refractivity contribution in [3.8, 4) is 11.1 Å². The molecule has 8 aromatic carbocycles. The highest BCUT2D eigenvalue weighted by Gasteiger charge is 2.49. The van der Waals surface area contributed by atoms with E-state index in [1.807, 2.05) is 0 Å². The van der Waals surface area contributed by atoms with E-state index < -0.39 is 0 Å². The van der Waals surface area contributed by atoms with Crippen LogP contribution in [0.2, 0.25) is 0 Å². The zero-order chi connectivity index (χ0) is 64.2. The lowest BCUT2D eigenvalue weighted by Gasteiger charge is -2.48. The summed E-state index contributed by atoms with van der Waals surface area (Å²) in [5.41, 5.74) is 34.4. The monoisotopic (exact) mass is 1180 g/mol. The fourth-order valence-corrected chi connectivity index (χ4v) is 16.4. The topological polar surface area (TPSA) is 9.72 Å². The highest BCUT2D eigenvalue weighted by atomic mass is 15.2. The van der Waals surface area contributed by atoms with Gasteiger partial charge in [0.15, 0.2) is 0 Å². The number of aryl methyl sites for hydroxylation is 2. The van der Waals surface area contributed by atoms with E-state index in [-0.39, 0.29) is 55.4 Å². The largest absolute Gasteiger partial charge is 0.311 e. The van der Waals surface area contributed by atoms with E-state index in [0.717, 1.165) is 24.9 Å². The van der Waals surface area contributed by atoms with Crippen molar-refractivity contribution in [3.63, 3.8) is 0 Å². The van der Waals surface area contributed by atoms with Crippen molar-refractivity contribution in [2.24, 2.45) is 0 Å². The lowest BCUT2D eigenvalue weighted by Crippen LogP contribution is -2.62. The predicted octanol–water partition coefficient (Wildman–Crippen LogP) is 22.1. The summed E-state index contributed by atoms with van der Waals surface area (Å²) in [6.07, 6.45) is 4.65. The van der Waals surface area contributed by atoms with Crippen molar-refractivity contribution >= 4 is 74.3 Å². The molecule has 8 aromatic rings. The summed E-state index contributed by atoms with van der Waals surface area (Å²) in [6.45, 7) is 57.7. The first-order chi connectivity index (χ1) is 41.2. The van der Waals surface area contributed by atoms with Crippen LogP contribution in [0.25, 0.3) is 11.1 Å². The Hall–Kier alpha value is -6.78. The average molecular weight is 1180 g/mol. The Balaban J connectivity index is 1.15. The van der Waals surface area contributed by atoms with Crippen LogP contribution in [0.1, 0.15) is 245 Å². The van der Waals surface area contributed by atoms with Crippen LogP contribution in [-0.4, -0.2) is 6.71 Å². The first-order valence-electron chi connectivity index (χ1n) is 33.8. The van der Waals surface area contributed by atoms with Gasteiger partial charge in [-0.25, -0.2) is 0 Å². The van der Waals surface area contributed by atoms with E-state index >= 15 is 0 Å².